The second-order valence-electron chi connectivity index (χ2n) is 4.70. The zero-order valence-electron chi connectivity index (χ0n) is 12.7. The Morgan fingerprint density at radius 3 is 2.82 bits per heavy atom. The van der Waals surface area contributed by atoms with Crippen LogP contribution in [-0.2, 0) is 11.3 Å². The highest BCUT2D eigenvalue weighted by atomic mass is 16.5. The fourth-order valence-electron chi connectivity index (χ4n) is 1.86. The number of carbonyl (C=O) groups is 1. The van der Waals surface area contributed by atoms with Crippen LogP contribution in [0, 0.1) is 6.92 Å². The molecule has 0 unspecified atom stereocenters. The Bertz CT molecular complexity index is 654. The maximum Gasteiger partial charge on any atom is 0.292 e. The van der Waals surface area contributed by atoms with E-state index in [4.69, 9.17) is 4.74 Å². The summed E-state index contributed by atoms with van der Waals surface area (Å²) in [7, 11) is 0. The minimum atomic E-state index is -0.239. The number of hydrogen-bond donors (Lipinski definition) is 1. The van der Waals surface area contributed by atoms with Crippen molar-refractivity contribution in [2.75, 3.05) is 6.61 Å². The van der Waals surface area contributed by atoms with Gasteiger partial charge < -0.3 is 4.74 Å². The molecule has 0 fully saturated rings. The zero-order chi connectivity index (χ0) is 15.8. The summed E-state index contributed by atoms with van der Waals surface area (Å²) in [6, 6.07) is 13.2. The van der Waals surface area contributed by atoms with Crippen molar-refractivity contribution in [3.05, 3.63) is 65.5 Å². The summed E-state index contributed by atoms with van der Waals surface area (Å²) < 4.78 is 5.38. The van der Waals surface area contributed by atoms with Crippen LogP contribution in [0.4, 0.5) is 0 Å². The number of aryl methyl sites for hydroxylation is 1. The number of nitrogens with zero attached hydrogens (tertiary/aromatic N) is 2. The molecule has 22 heavy (non-hydrogen) atoms. The molecular formula is C17H19N3O2. The lowest BCUT2D eigenvalue weighted by molar-refractivity contribution is 0.0966. The molecule has 1 aromatic heterocycles. The summed E-state index contributed by atoms with van der Waals surface area (Å²) in [5, 5.41) is 2.69. The summed E-state index contributed by atoms with van der Waals surface area (Å²) in [6.45, 7) is 4.56. The SMILES string of the molecule is CCOC(=NCc1ccccn1)NC(=O)c1cccc(C)c1. The van der Waals surface area contributed by atoms with Gasteiger partial charge in [0.15, 0.2) is 0 Å². The van der Waals surface area contributed by atoms with Crippen molar-refractivity contribution in [3.8, 4) is 0 Å². The zero-order valence-corrected chi connectivity index (χ0v) is 12.7. The smallest absolute Gasteiger partial charge is 0.292 e. The summed E-state index contributed by atoms with van der Waals surface area (Å²) in [4.78, 5) is 20.7. The summed E-state index contributed by atoms with van der Waals surface area (Å²) in [5.41, 5.74) is 2.41. The molecule has 1 heterocycles. The van der Waals surface area contributed by atoms with Crippen molar-refractivity contribution in [2.24, 2.45) is 4.99 Å². The van der Waals surface area contributed by atoms with E-state index in [1.807, 2.05) is 50.2 Å². The number of aromatic nitrogens is 1. The number of amidine groups is 1. The van der Waals surface area contributed by atoms with Gasteiger partial charge >= 0.3 is 0 Å². The quantitative estimate of drug-likeness (QED) is 0.697. The number of nitrogens with one attached hydrogen (secondary N) is 1. The molecule has 5 heteroatoms. The van der Waals surface area contributed by atoms with Crippen molar-refractivity contribution in [3.63, 3.8) is 0 Å². The molecule has 0 aliphatic carbocycles. The largest absolute Gasteiger partial charge is 0.465 e. The first-order valence-electron chi connectivity index (χ1n) is 7.14. The van der Waals surface area contributed by atoms with Gasteiger partial charge in [0.1, 0.15) is 0 Å². The first-order valence-corrected chi connectivity index (χ1v) is 7.14. The van der Waals surface area contributed by atoms with Crippen molar-refractivity contribution in [2.45, 2.75) is 20.4 Å². The van der Waals surface area contributed by atoms with Crippen LogP contribution in [0.5, 0.6) is 0 Å². The molecule has 114 valence electrons. The van der Waals surface area contributed by atoms with E-state index in [1.165, 1.54) is 0 Å². The average molecular weight is 297 g/mol. The van der Waals surface area contributed by atoms with Gasteiger partial charge in [0.2, 0.25) is 0 Å². The number of carbonyl (C=O) groups excluding carboxylic acids is 1. The van der Waals surface area contributed by atoms with E-state index in [1.54, 1.807) is 12.3 Å². The van der Waals surface area contributed by atoms with Crippen LogP contribution >= 0.6 is 0 Å². The molecule has 0 atom stereocenters. The molecule has 0 radical (unpaired) electrons. The maximum absolute atomic E-state index is 12.2. The molecule has 2 rings (SSSR count). The van der Waals surface area contributed by atoms with Gasteiger partial charge in [0.05, 0.1) is 18.8 Å². The van der Waals surface area contributed by atoms with Gasteiger partial charge in [0, 0.05) is 11.8 Å². The average Bonchev–Trinajstić information content (AvgIpc) is 2.54. The molecule has 0 spiro atoms. The Labute approximate surface area is 130 Å². The van der Waals surface area contributed by atoms with Crippen LogP contribution < -0.4 is 5.32 Å². The molecule has 0 saturated carbocycles. The predicted octanol–water partition coefficient (Wildman–Crippen LogP) is 2.71. The van der Waals surface area contributed by atoms with E-state index < -0.39 is 0 Å². The van der Waals surface area contributed by atoms with Gasteiger partial charge in [-0.3, -0.25) is 15.1 Å². The lowest BCUT2D eigenvalue weighted by atomic mass is 10.1. The monoisotopic (exact) mass is 297 g/mol. The maximum atomic E-state index is 12.2. The molecule has 0 aliphatic heterocycles. The first-order chi connectivity index (χ1) is 10.7. The number of benzene rings is 1. The number of aliphatic imine (C=N–C) groups is 1. The highest BCUT2D eigenvalue weighted by molar-refractivity contribution is 6.04. The molecular weight excluding hydrogens is 278 g/mol. The predicted molar refractivity (Wildman–Crippen MR) is 85.6 cm³/mol. The van der Waals surface area contributed by atoms with Crippen LogP contribution in [0.15, 0.2) is 53.7 Å². The fraction of sp³-hybridized carbons (Fsp3) is 0.235. The number of rotatable bonds is 4. The summed E-state index contributed by atoms with van der Waals surface area (Å²) >= 11 is 0. The van der Waals surface area contributed by atoms with Gasteiger partial charge in [-0.2, -0.15) is 0 Å². The van der Waals surface area contributed by atoms with Gasteiger partial charge in [-0.15, -0.1) is 0 Å². The number of ether oxygens (including phenoxy) is 1. The van der Waals surface area contributed by atoms with E-state index in [-0.39, 0.29) is 11.9 Å². The molecule has 0 aliphatic rings. The Hall–Kier alpha value is -2.69. The Kier molecular flexibility index (Phi) is 5.65. The Balaban J connectivity index is 2.06. The minimum absolute atomic E-state index is 0.208. The lowest BCUT2D eigenvalue weighted by Gasteiger charge is -2.09. The molecule has 1 aromatic carbocycles. The Morgan fingerprint density at radius 2 is 2.14 bits per heavy atom. The molecule has 5 nitrogen and oxygen atoms in total. The van der Waals surface area contributed by atoms with Crippen LogP contribution in [0.25, 0.3) is 0 Å². The second kappa shape index (κ2) is 7.93. The first kappa shape index (κ1) is 15.7. The van der Waals surface area contributed by atoms with E-state index in [0.717, 1.165) is 11.3 Å². The van der Waals surface area contributed by atoms with Crippen LogP contribution in [0.3, 0.4) is 0 Å². The Morgan fingerprint density at radius 1 is 1.27 bits per heavy atom. The van der Waals surface area contributed by atoms with Crippen LogP contribution in [0.2, 0.25) is 0 Å². The lowest BCUT2D eigenvalue weighted by Crippen LogP contribution is -2.32. The van der Waals surface area contributed by atoms with Gasteiger partial charge in [-0.05, 0) is 38.1 Å². The molecule has 1 N–H and O–H groups in total. The number of pyridine rings is 1. The molecule has 2 aromatic rings. The third kappa shape index (κ3) is 4.70. The third-order valence-electron chi connectivity index (χ3n) is 2.89. The highest BCUT2D eigenvalue weighted by Crippen LogP contribution is 2.04. The molecule has 0 bridgehead atoms. The summed E-state index contributed by atoms with van der Waals surface area (Å²) in [6.07, 6.45) is 1.70. The van der Waals surface area contributed by atoms with Gasteiger partial charge in [-0.25, -0.2) is 4.99 Å². The van der Waals surface area contributed by atoms with Crippen molar-refractivity contribution in [1.82, 2.24) is 10.3 Å². The minimum Gasteiger partial charge on any atom is -0.465 e. The van der Waals surface area contributed by atoms with E-state index >= 15 is 0 Å². The van der Waals surface area contributed by atoms with E-state index in [0.29, 0.717) is 18.7 Å². The van der Waals surface area contributed by atoms with Gasteiger partial charge in [0.25, 0.3) is 11.9 Å². The molecule has 0 saturated heterocycles. The highest BCUT2D eigenvalue weighted by Gasteiger charge is 2.09. The van der Waals surface area contributed by atoms with E-state index in [2.05, 4.69) is 15.3 Å². The van der Waals surface area contributed by atoms with Crippen LogP contribution in [0.1, 0.15) is 28.5 Å². The van der Waals surface area contributed by atoms with Crippen LogP contribution in [-0.4, -0.2) is 23.5 Å². The standard InChI is InChI=1S/C17H19N3O2/c1-3-22-17(19-12-15-9-4-5-10-18-15)20-16(21)14-8-6-7-13(2)11-14/h4-11H,3,12H2,1-2H3,(H,19,20,21). The third-order valence-corrected chi connectivity index (χ3v) is 2.89. The summed E-state index contributed by atoms with van der Waals surface area (Å²) in [5.74, 6) is -0.239. The van der Waals surface area contributed by atoms with Gasteiger partial charge in [-0.1, -0.05) is 23.8 Å². The normalized spacial score (nSPS) is 11.1. The number of amides is 1. The topological polar surface area (TPSA) is 63.6 Å². The van der Waals surface area contributed by atoms with E-state index in [9.17, 15) is 4.79 Å². The number of hydrogen-bond acceptors (Lipinski definition) is 4. The van der Waals surface area contributed by atoms with Crippen molar-refractivity contribution < 1.29 is 9.53 Å². The fourth-order valence-corrected chi connectivity index (χ4v) is 1.86. The molecule has 1 amide bonds. The van der Waals surface area contributed by atoms with Crippen molar-refractivity contribution in [1.29, 1.82) is 0 Å². The second-order valence-corrected chi connectivity index (χ2v) is 4.70. The van der Waals surface area contributed by atoms with Crippen molar-refractivity contribution >= 4 is 11.9 Å².